The minimum absolute atomic E-state index is 0.773. The zero-order chi connectivity index (χ0) is 12.9. The van der Waals surface area contributed by atoms with Crippen LogP contribution < -0.4 is 0 Å². The SMILES string of the molecule is C/C(CSCCSCCSC/C(C)=N/O)=N\O. The third-order valence-corrected chi connectivity index (χ3v) is 5.44. The van der Waals surface area contributed by atoms with E-state index < -0.39 is 0 Å². The van der Waals surface area contributed by atoms with E-state index in [0.29, 0.717) is 0 Å². The van der Waals surface area contributed by atoms with Gasteiger partial charge in [0.25, 0.3) is 0 Å². The number of nitrogens with zero attached hydrogens (tertiary/aromatic N) is 2. The molecule has 0 spiro atoms. The average molecular weight is 296 g/mol. The van der Waals surface area contributed by atoms with Crippen molar-refractivity contribution in [1.29, 1.82) is 0 Å². The maximum atomic E-state index is 8.44. The summed E-state index contributed by atoms with van der Waals surface area (Å²) < 4.78 is 0. The largest absolute Gasteiger partial charge is 0.411 e. The molecule has 0 aliphatic carbocycles. The Hall–Kier alpha value is -0.0100. The summed E-state index contributed by atoms with van der Waals surface area (Å²) in [6, 6.07) is 0. The Morgan fingerprint density at radius 1 is 0.765 bits per heavy atom. The van der Waals surface area contributed by atoms with Gasteiger partial charge in [0.2, 0.25) is 0 Å². The number of oxime groups is 2. The molecule has 4 nitrogen and oxygen atoms in total. The van der Waals surface area contributed by atoms with Gasteiger partial charge in [-0.3, -0.25) is 0 Å². The van der Waals surface area contributed by atoms with Gasteiger partial charge >= 0.3 is 0 Å². The van der Waals surface area contributed by atoms with Crippen molar-refractivity contribution in [3.05, 3.63) is 0 Å². The van der Waals surface area contributed by atoms with E-state index in [-0.39, 0.29) is 0 Å². The summed E-state index contributed by atoms with van der Waals surface area (Å²) in [4.78, 5) is 0. The van der Waals surface area contributed by atoms with Crippen LogP contribution in [0.4, 0.5) is 0 Å². The Morgan fingerprint density at radius 2 is 1.12 bits per heavy atom. The van der Waals surface area contributed by atoms with E-state index >= 15 is 0 Å². The Balaban J connectivity index is 3.14. The third kappa shape index (κ3) is 12.2. The van der Waals surface area contributed by atoms with Gasteiger partial charge < -0.3 is 10.4 Å². The van der Waals surface area contributed by atoms with Crippen molar-refractivity contribution in [3.63, 3.8) is 0 Å². The first-order chi connectivity index (χ1) is 8.20. The van der Waals surface area contributed by atoms with Gasteiger partial charge in [-0.05, 0) is 13.8 Å². The molecule has 0 bridgehead atoms. The van der Waals surface area contributed by atoms with Gasteiger partial charge in [-0.2, -0.15) is 35.3 Å². The molecule has 2 N–H and O–H groups in total. The highest BCUT2D eigenvalue weighted by Gasteiger charge is 1.96. The van der Waals surface area contributed by atoms with E-state index in [1.165, 1.54) is 0 Å². The van der Waals surface area contributed by atoms with Gasteiger partial charge in [0.15, 0.2) is 0 Å². The molecule has 0 saturated heterocycles. The Labute approximate surface area is 116 Å². The van der Waals surface area contributed by atoms with E-state index in [1.807, 2.05) is 25.6 Å². The highest BCUT2D eigenvalue weighted by atomic mass is 32.2. The molecule has 0 atom stereocenters. The van der Waals surface area contributed by atoms with Crippen molar-refractivity contribution in [3.8, 4) is 0 Å². The second kappa shape index (κ2) is 12.4. The lowest BCUT2D eigenvalue weighted by molar-refractivity contribution is 0.318. The molecule has 0 saturated carbocycles. The molecular formula is C10H20N2O2S3. The van der Waals surface area contributed by atoms with E-state index in [4.69, 9.17) is 10.4 Å². The van der Waals surface area contributed by atoms with E-state index in [0.717, 1.165) is 45.9 Å². The number of hydrogen-bond donors (Lipinski definition) is 2. The fourth-order valence-electron chi connectivity index (χ4n) is 0.835. The molecule has 0 aromatic heterocycles. The molecule has 100 valence electrons. The second-order valence-corrected chi connectivity index (χ2v) is 6.82. The molecule has 0 aromatic rings. The quantitative estimate of drug-likeness (QED) is 0.281. The first kappa shape index (κ1) is 17.0. The fourth-order valence-corrected chi connectivity index (χ4v) is 3.92. The lowest BCUT2D eigenvalue weighted by Crippen LogP contribution is -1.99. The maximum Gasteiger partial charge on any atom is 0.0638 e. The molecule has 17 heavy (non-hydrogen) atoms. The van der Waals surface area contributed by atoms with Crippen LogP contribution >= 0.6 is 35.3 Å². The zero-order valence-electron chi connectivity index (χ0n) is 10.3. The smallest absolute Gasteiger partial charge is 0.0638 e. The van der Waals surface area contributed by atoms with Crippen LogP contribution in [0.1, 0.15) is 13.8 Å². The molecule has 0 heterocycles. The van der Waals surface area contributed by atoms with Crippen molar-refractivity contribution >= 4 is 46.7 Å². The van der Waals surface area contributed by atoms with Gasteiger partial charge in [-0.15, -0.1) is 0 Å². The van der Waals surface area contributed by atoms with Crippen molar-refractivity contribution in [2.24, 2.45) is 10.3 Å². The second-order valence-electron chi connectivity index (χ2n) is 3.39. The van der Waals surface area contributed by atoms with E-state index in [9.17, 15) is 0 Å². The molecule has 0 unspecified atom stereocenters. The minimum atomic E-state index is 0.773. The topological polar surface area (TPSA) is 65.2 Å². The highest BCUT2D eigenvalue weighted by Crippen LogP contribution is 2.10. The standard InChI is InChI=1S/C10H20N2O2S3/c1-9(11-13)7-16-5-3-15-4-6-17-8-10(2)12-14/h13-14H,3-8H2,1-2H3/b11-9+,12-10+. The fraction of sp³-hybridized carbons (Fsp3) is 0.800. The molecule has 0 amide bonds. The van der Waals surface area contributed by atoms with Gasteiger partial charge in [0.05, 0.1) is 11.4 Å². The summed E-state index contributed by atoms with van der Waals surface area (Å²) in [6.07, 6.45) is 0. The van der Waals surface area contributed by atoms with Crippen LogP contribution in [0.2, 0.25) is 0 Å². The third-order valence-electron chi connectivity index (χ3n) is 1.71. The molecule has 7 heteroatoms. The molecule has 0 aromatic carbocycles. The van der Waals surface area contributed by atoms with Crippen molar-refractivity contribution in [1.82, 2.24) is 0 Å². The summed E-state index contributed by atoms with van der Waals surface area (Å²) >= 11 is 5.50. The lowest BCUT2D eigenvalue weighted by Gasteiger charge is -2.02. The summed E-state index contributed by atoms with van der Waals surface area (Å²) in [6.45, 7) is 3.64. The van der Waals surface area contributed by atoms with Crippen LogP contribution in [0.25, 0.3) is 0 Å². The number of rotatable bonds is 10. The van der Waals surface area contributed by atoms with Crippen LogP contribution in [-0.4, -0.2) is 56.4 Å². The first-order valence-electron chi connectivity index (χ1n) is 5.29. The first-order valence-corrected chi connectivity index (χ1v) is 8.75. The van der Waals surface area contributed by atoms with Gasteiger partial charge in [-0.25, -0.2) is 0 Å². The molecule has 0 aliphatic heterocycles. The predicted molar refractivity (Wildman–Crippen MR) is 81.8 cm³/mol. The van der Waals surface area contributed by atoms with Crippen LogP contribution in [0.15, 0.2) is 10.3 Å². The predicted octanol–water partition coefficient (Wildman–Crippen LogP) is 2.89. The molecular weight excluding hydrogens is 276 g/mol. The van der Waals surface area contributed by atoms with Gasteiger partial charge in [0, 0.05) is 34.5 Å². The van der Waals surface area contributed by atoms with E-state index in [1.54, 1.807) is 23.5 Å². The van der Waals surface area contributed by atoms with Crippen molar-refractivity contribution in [2.75, 3.05) is 34.5 Å². The van der Waals surface area contributed by atoms with E-state index in [2.05, 4.69) is 10.3 Å². The normalized spacial score (nSPS) is 13.1. The maximum absolute atomic E-state index is 8.44. The number of thioether (sulfide) groups is 3. The van der Waals surface area contributed by atoms with Gasteiger partial charge in [0.1, 0.15) is 0 Å². The molecule has 0 aliphatic rings. The minimum Gasteiger partial charge on any atom is -0.411 e. The van der Waals surface area contributed by atoms with Crippen molar-refractivity contribution < 1.29 is 10.4 Å². The molecule has 0 rings (SSSR count). The molecule has 0 fully saturated rings. The monoisotopic (exact) mass is 296 g/mol. The highest BCUT2D eigenvalue weighted by molar-refractivity contribution is 8.04. The Morgan fingerprint density at radius 3 is 1.47 bits per heavy atom. The van der Waals surface area contributed by atoms with Crippen molar-refractivity contribution in [2.45, 2.75) is 13.8 Å². The molecule has 0 radical (unpaired) electrons. The van der Waals surface area contributed by atoms with Crippen LogP contribution in [0, 0.1) is 0 Å². The van der Waals surface area contributed by atoms with Crippen LogP contribution in [0.5, 0.6) is 0 Å². The Bertz CT molecular complexity index is 224. The lowest BCUT2D eigenvalue weighted by atomic mass is 10.5. The summed E-state index contributed by atoms with van der Waals surface area (Å²) in [7, 11) is 0. The van der Waals surface area contributed by atoms with Crippen LogP contribution in [0.3, 0.4) is 0 Å². The zero-order valence-corrected chi connectivity index (χ0v) is 12.7. The summed E-state index contributed by atoms with van der Waals surface area (Å²) in [5.41, 5.74) is 1.55. The Kier molecular flexibility index (Phi) is 12.4. The van der Waals surface area contributed by atoms with Gasteiger partial charge in [-0.1, -0.05) is 10.3 Å². The average Bonchev–Trinajstić information content (AvgIpc) is 2.35. The van der Waals surface area contributed by atoms with Crippen LogP contribution in [-0.2, 0) is 0 Å². The number of hydrogen-bond acceptors (Lipinski definition) is 7. The summed E-state index contributed by atoms with van der Waals surface area (Å²) in [5.74, 6) is 6.02. The summed E-state index contributed by atoms with van der Waals surface area (Å²) in [5, 5.41) is 23.1.